The molecule has 5 aromatic heterocycles. The number of hydrogen-bond donors (Lipinski definition) is 0. The lowest BCUT2D eigenvalue weighted by Crippen LogP contribution is -1.95. The van der Waals surface area contributed by atoms with Crippen LogP contribution in [0.25, 0.3) is 61.4 Å². The third-order valence-corrected chi connectivity index (χ3v) is 6.61. The Morgan fingerprint density at radius 1 is 0.486 bits per heavy atom. The van der Waals surface area contributed by atoms with Crippen molar-refractivity contribution in [3.63, 3.8) is 0 Å². The van der Waals surface area contributed by atoms with Gasteiger partial charge >= 0.3 is 0 Å². The molecular formula is C32H21N5. The van der Waals surface area contributed by atoms with Crippen LogP contribution in [0.1, 0.15) is 0 Å². The predicted molar refractivity (Wildman–Crippen MR) is 148 cm³/mol. The Bertz CT molecular complexity index is 1750. The van der Waals surface area contributed by atoms with Crippen LogP contribution in [0.4, 0.5) is 0 Å². The number of para-hydroxylation sites is 1. The number of nitrogens with zero attached hydrogens (tertiary/aromatic N) is 5. The van der Waals surface area contributed by atoms with Crippen LogP contribution in [0.2, 0.25) is 0 Å². The predicted octanol–water partition coefficient (Wildman–Crippen LogP) is 7.36. The molecule has 0 aliphatic heterocycles. The number of aromatic nitrogens is 5. The smallest absolute Gasteiger partial charge is 0.0900 e. The van der Waals surface area contributed by atoms with Gasteiger partial charge in [-0.1, -0.05) is 42.5 Å². The lowest BCUT2D eigenvalue weighted by atomic mass is 10.0. The first-order valence-electron chi connectivity index (χ1n) is 12.1. The fraction of sp³-hybridized carbons (Fsp3) is 0. The molecule has 2 aromatic carbocycles. The maximum atomic E-state index is 4.89. The molecule has 5 nitrogen and oxygen atoms in total. The van der Waals surface area contributed by atoms with E-state index in [9.17, 15) is 0 Å². The topological polar surface area (TPSA) is 56.5 Å². The van der Waals surface area contributed by atoms with Gasteiger partial charge in [0, 0.05) is 35.1 Å². The van der Waals surface area contributed by atoms with Crippen molar-refractivity contribution in [1.82, 2.24) is 24.5 Å². The fourth-order valence-electron chi connectivity index (χ4n) is 4.89. The van der Waals surface area contributed by atoms with Crippen LogP contribution >= 0.6 is 0 Å². The molecule has 174 valence electrons. The summed E-state index contributed by atoms with van der Waals surface area (Å²) in [7, 11) is 0. The van der Waals surface area contributed by atoms with E-state index in [0.717, 1.165) is 50.6 Å². The van der Waals surface area contributed by atoms with Gasteiger partial charge in [0.25, 0.3) is 0 Å². The summed E-state index contributed by atoms with van der Waals surface area (Å²) in [6.45, 7) is 0. The second kappa shape index (κ2) is 8.81. The molecule has 0 N–H and O–H groups in total. The van der Waals surface area contributed by atoms with Crippen molar-refractivity contribution in [3.05, 3.63) is 128 Å². The Morgan fingerprint density at radius 3 is 1.81 bits per heavy atom. The van der Waals surface area contributed by atoms with E-state index in [0.29, 0.717) is 0 Å². The van der Waals surface area contributed by atoms with Crippen LogP contribution in [0.15, 0.2) is 128 Å². The average molecular weight is 476 g/mol. The zero-order valence-corrected chi connectivity index (χ0v) is 19.9. The summed E-state index contributed by atoms with van der Waals surface area (Å²) < 4.78 is 2.27. The molecule has 0 radical (unpaired) electrons. The van der Waals surface area contributed by atoms with E-state index >= 15 is 0 Å². The molecule has 7 rings (SSSR count). The Morgan fingerprint density at radius 2 is 1.14 bits per heavy atom. The van der Waals surface area contributed by atoms with E-state index in [2.05, 4.69) is 86.2 Å². The minimum absolute atomic E-state index is 0.816. The van der Waals surface area contributed by atoms with Crippen molar-refractivity contribution >= 4 is 21.8 Å². The number of pyridine rings is 4. The first kappa shape index (κ1) is 21.1. The minimum atomic E-state index is 0.816. The molecule has 37 heavy (non-hydrogen) atoms. The maximum Gasteiger partial charge on any atom is 0.0900 e. The average Bonchev–Trinajstić information content (AvgIpc) is 3.32. The highest BCUT2D eigenvalue weighted by Gasteiger charge is 2.13. The van der Waals surface area contributed by atoms with Crippen LogP contribution in [0.3, 0.4) is 0 Å². The van der Waals surface area contributed by atoms with Gasteiger partial charge in [0.2, 0.25) is 0 Å². The molecule has 5 heterocycles. The molecule has 0 amide bonds. The summed E-state index contributed by atoms with van der Waals surface area (Å²) in [6.07, 6.45) is 7.37. The summed E-state index contributed by atoms with van der Waals surface area (Å²) >= 11 is 0. The Hall–Kier alpha value is -5.16. The molecule has 0 saturated heterocycles. The highest BCUT2D eigenvalue weighted by Crippen LogP contribution is 2.33. The van der Waals surface area contributed by atoms with Crippen molar-refractivity contribution < 1.29 is 0 Å². The van der Waals surface area contributed by atoms with Gasteiger partial charge in [0.05, 0.1) is 40.0 Å². The summed E-state index contributed by atoms with van der Waals surface area (Å²) in [5, 5.41) is 2.42. The molecule has 0 atom stereocenters. The molecule has 0 fully saturated rings. The molecule has 0 spiro atoms. The normalized spacial score (nSPS) is 11.2. The summed E-state index contributed by atoms with van der Waals surface area (Å²) in [5.41, 5.74) is 8.80. The van der Waals surface area contributed by atoms with Crippen LogP contribution in [-0.2, 0) is 0 Å². The first-order chi connectivity index (χ1) is 18.3. The quantitative estimate of drug-likeness (QED) is 0.267. The van der Waals surface area contributed by atoms with Gasteiger partial charge in [-0.15, -0.1) is 0 Å². The van der Waals surface area contributed by atoms with E-state index in [4.69, 9.17) is 4.98 Å². The third-order valence-electron chi connectivity index (χ3n) is 6.61. The SMILES string of the molecule is c1ccc(-c2cc(-c3ccc(-n4c5ccccc5c5ccncc54)cc3)cc(-c3ccccn3)n2)nc1. The van der Waals surface area contributed by atoms with Gasteiger partial charge in [0.1, 0.15) is 0 Å². The second-order valence-electron chi connectivity index (χ2n) is 8.85. The number of rotatable bonds is 4. The lowest BCUT2D eigenvalue weighted by Gasteiger charge is -2.11. The van der Waals surface area contributed by atoms with Gasteiger partial charge in [-0.3, -0.25) is 15.0 Å². The van der Waals surface area contributed by atoms with Gasteiger partial charge in [-0.05, 0) is 71.8 Å². The van der Waals surface area contributed by atoms with Gasteiger partial charge in [-0.2, -0.15) is 0 Å². The zero-order valence-electron chi connectivity index (χ0n) is 19.9. The van der Waals surface area contributed by atoms with Crippen molar-refractivity contribution in [1.29, 1.82) is 0 Å². The van der Waals surface area contributed by atoms with Crippen LogP contribution in [-0.4, -0.2) is 24.5 Å². The molecule has 0 aliphatic rings. The van der Waals surface area contributed by atoms with Crippen molar-refractivity contribution in [3.8, 4) is 39.6 Å². The molecule has 0 aliphatic carbocycles. The second-order valence-corrected chi connectivity index (χ2v) is 8.85. The Labute approximate surface area is 213 Å². The Kier molecular flexibility index (Phi) is 5.03. The van der Waals surface area contributed by atoms with E-state index in [1.807, 2.05) is 48.8 Å². The number of hydrogen-bond acceptors (Lipinski definition) is 4. The van der Waals surface area contributed by atoms with Crippen LogP contribution in [0.5, 0.6) is 0 Å². The van der Waals surface area contributed by atoms with E-state index < -0.39 is 0 Å². The molecular weight excluding hydrogens is 454 g/mol. The number of fused-ring (bicyclic) bond motifs is 3. The van der Waals surface area contributed by atoms with E-state index in [1.165, 1.54) is 10.8 Å². The molecule has 7 aromatic rings. The zero-order chi connectivity index (χ0) is 24.6. The lowest BCUT2D eigenvalue weighted by molar-refractivity contribution is 1.17. The number of benzene rings is 2. The van der Waals surface area contributed by atoms with Crippen molar-refractivity contribution in [2.24, 2.45) is 0 Å². The highest BCUT2D eigenvalue weighted by molar-refractivity contribution is 6.08. The molecule has 0 unspecified atom stereocenters. The molecule has 5 heteroatoms. The highest BCUT2D eigenvalue weighted by atomic mass is 15.0. The first-order valence-corrected chi connectivity index (χ1v) is 12.1. The van der Waals surface area contributed by atoms with Crippen LogP contribution in [0, 0.1) is 0 Å². The monoisotopic (exact) mass is 475 g/mol. The van der Waals surface area contributed by atoms with E-state index in [1.54, 1.807) is 12.4 Å². The summed E-state index contributed by atoms with van der Waals surface area (Å²) in [4.78, 5) is 18.4. The largest absolute Gasteiger partial charge is 0.308 e. The standard InChI is InChI=1S/C32H21N5/c1-2-10-31-25(7-1)26-15-18-33-21-32(26)37(31)24-13-11-22(12-14-24)23-19-29(27-8-3-5-16-34-27)36-30(20-23)28-9-4-6-17-35-28/h1-21H. The maximum absolute atomic E-state index is 4.89. The van der Waals surface area contributed by atoms with E-state index in [-0.39, 0.29) is 0 Å². The van der Waals surface area contributed by atoms with Gasteiger partial charge < -0.3 is 4.57 Å². The summed E-state index contributed by atoms with van der Waals surface area (Å²) in [6, 6.07) is 35.1. The molecule has 0 saturated carbocycles. The fourth-order valence-corrected chi connectivity index (χ4v) is 4.89. The minimum Gasteiger partial charge on any atom is -0.308 e. The van der Waals surface area contributed by atoms with Crippen molar-refractivity contribution in [2.75, 3.05) is 0 Å². The van der Waals surface area contributed by atoms with Crippen LogP contribution < -0.4 is 0 Å². The third kappa shape index (κ3) is 3.74. The van der Waals surface area contributed by atoms with Gasteiger partial charge in [0.15, 0.2) is 0 Å². The van der Waals surface area contributed by atoms with Gasteiger partial charge in [-0.25, -0.2) is 4.98 Å². The summed E-state index contributed by atoms with van der Waals surface area (Å²) in [5.74, 6) is 0. The Balaban J connectivity index is 1.37. The van der Waals surface area contributed by atoms with Crippen molar-refractivity contribution in [2.45, 2.75) is 0 Å². The molecule has 0 bridgehead atoms.